The first-order chi connectivity index (χ1) is 9.61. The molecule has 20 heavy (non-hydrogen) atoms. The average molecular weight is 275 g/mol. The molecule has 0 atom stereocenters. The number of hydrogen-bond acceptors (Lipinski definition) is 3. The van der Waals surface area contributed by atoms with Crippen LogP contribution in [0, 0.1) is 0 Å². The van der Waals surface area contributed by atoms with Crippen molar-refractivity contribution in [3.05, 3.63) is 29.3 Å². The molecule has 0 radical (unpaired) electrons. The maximum atomic E-state index is 12.3. The van der Waals surface area contributed by atoms with Gasteiger partial charge in [-0.05, 0) is 30.5 Å². The number of anilines is 1. The van der Waals surface area contributed by atoms with E-state index in [-0.39, 0.29) is 18.4 Å². The van der Waals surface area contributed by atoms with Gasteiger partial charge in [0, 0.05) is 31.4 Å². The summed E-state index contributed by atoms with van der Waals surface area (Å²) < 4.78 is 0. The number of carbonyl (C=O) groups is 2. The lowest BCUT2D eigenvalue weighted by Crippen LogP contribution is -2.38. The zero-order chi connectivity index (χ0) is 14.5. The van der Waals surface area contributed by atoms with E-state index in [0.717, 1.165) is 25.1 Å². The van der Waals surface area contributed by atoms with Crippen molar-refractivity contribution in [1.29, 1.82) is 0 Å². The lowest BCUT2D eigenvalue weighted by atomic mass is 10.1. The van der Waals surface area contributed by atoms with Crippen LogP contribution in [0.15, 0.2) is 18.2 Å². The molecule has 2 N–H and O–H groups in total. The highest BCUT2D eigenvalue weighted by molar-refractivity contribution is 5.97. The summed E-state index contributed by atoms with van der Waals surface area (Å²) >= 11 is 0. The Morgan fingerprint density at radius 2 is 2.20 bits per heavy atom. The zero-order valence-electron chi connectivity index (χ0n) is 12.0. The Hall–Kier alpha value is -2.04. The summed E-state index contributed by atoms with van der Waals surface area (Å²) in [5, 5.41) is 6.02. The van der Waals surface area contributed by atoms with Crippen molar-refractivity contribution >= 4 is 17.5 Å². The van der Waals surface area contributed by atoms with Gasteiger partial charge >= 0.3 is 0 Å². The molecule has 0 saturated heterocycles. The molecule has 0 unspecified atom stereocenters. The second-order valence-corrected chi connectivity index (χ2v) is 5.06. The van der Waals surface area contributed by atoms with Crippen LogP contribution in [0.5, 0.6) is 0 Å². The van der Waals surface area contributed by atoms with Crippen LogP contribution in [0.3, 0.4) is 0 Å². The Kier molecular flexibility index (Phi) is 4.61. The molecule has 0 aliphatic carbocycles. The van der Waals surface area contributed by atoms with Gasteiger partial charge in [0.25, 0.3) is 5.91 Å². The maximum Gasteiger partial charge on any atom is 0.254 e. The summed E-state index contributed by atoms with van der Waals surface area (Å²) in [6, 6.07) is 5.67. The predicted molar refractivity (Wildman–Crippen MR) is 78.9 cm³/mol. The lowest BCUT2D eigenvalue weighted by Gasteiger charge is -2.17. The van der Waals surface area contributed by atoms with E-state index in [1.165, 1.54) is 10.5 Å². The Morgan fingerprint density at radius 1 is 1.40 bits per heavy atom. The van der Waals surface area contributed by atoms with Crippen LogP contribution in [-0.2, 0) is 11.2 Å². The standard InChI is InChI=1S/C15H21N3O2/c1-3-7-17-14(19)10-18(2)15(20)12-5-4-11-6-8-16-13(11)9-12/h4-5,9,16H,3,6-8,10H2,1-2H3,(H,17,19). The molecule has 1 heterocycles. The minimum absolute atomic E-state index is 0.0867. The quantitative estimate of drug-likeness (QED) is 0.850. The van der Waals surface area contributed by atoms with E-state index >= 15 is 0 Å². The minimum Gasteiger partial charge on any atom is -0.384 e. The fourth-order valence-electron chi connectivity index (χ4n) is 2.25. The molecule has 1 aromatic carbocycles. The Labute approximate surface area is 119 Å². The topological polar surface area (TPSA) is 61.4 Å². The number of rotatable bonds is 5. The number of likely N-dealkylation sites (N-methyl/N-ethyl adjacent to an activating group) is 1. The fraction of sp³-hybridized carbons (Fsp3) is 0.467. The monoisotopic (exact) mass is 275 g/mol. The second kappa shape index (κ2) is 6.41. The predicted octanol–water partition coefficient (Wildman–Crippen LogP) is 1.25. The third-order valence-electron chi connectivity index (χ3n) is 3.37. The van der Waals surface area contributed by atoms with Crippen molar-refractivity contribution in [2.45, 2.75) is 19.8 Å². The summed E-state index contributed by atoms with van der Waals surface area (Å²) in [6.45, 7) is 3.64. The van der Waals surface area contributed by atoms with Gasteiger partial charge in [-0.3, -0.25) is 9.59 Å². The smallest absolute Gasteiger partial charge is 0.254 e. The molecule has 0 aromatic heterocycles. The Morgan fingerprint density at radius 3 is 2.95 bits per heavy atom. The molecular formula is C15H21N3O2. The first-order valence-corrected chi connectivity index (χ1v) is 7.00. The summed E-state index contributed by atoms with van der Waals surface area (Å²) in [7, 11) is 1.65. The number of benzene rings is 1. The summed E-state index contributed by atoms with van der Waals surface area (Å²) in [5.41, 5.74) is 2.88. The van der Waals surface area contributed by atoms with E-state index in [4.69, 9.17) is 0 Å². The van der Waals surface area contributed by atoms with Crippen LogP contribution >= 0.6 is 0 Å². The molecule has 1 aromatic rings. The first-order valence-electron chi connectivity index (χ1n) is 7.00. The molecule has 1 aliphatic rings. The highest BCUT2D eigenvalue weighted by Gasteiger charge is 2.17. The van der Waals surface area contributed by atoms with Crippen LogP contribution in [0.1, 0.15) is 29.3 Å². The van der Waals surface area contributed by atoms with E-state index in [1.807, 2.05) is 25.1 Å². The van der Waals surface area contributed by atoms with E-state index in [9.17, 15) is 9.59 Å². The summed E-state index contributed by atoms with van der Waals surface area (Å²) in [5.74, 6) is -0.255. The Bertz CT molecular complexity index is 514. The van der Waals surface area contributed by atoms with Crippen LogP contribution in [0.25, 0.3) is 0 Å². The third-order valence-corrected chi connectivity index (χ3v) is 3.37. The van der Waals surface area contributed by atoms with Gasteiger partial charge in [0.05, 0.1) is 6.54 Å². The molecule has 108 valence electrons. The van der Waals surface area contributed by atoms with Gasteiger partial charge in [-0.2, -0.15) is 0 Å². The number of nitrogens with zero attached hydrogens (tertiary/aromatic N) is 1. The van der Waals surface area contributed by atoms with Crippen LogP contribution in [-0.4, -0.2) is 43.4 Å². The van der Waals surface area contributed by atoms with Gasteiger partial charge in [-0.25, -0.2) is 0 Å². The zero-order valence-corrected chi connectivity index (χ0v) is 12.0. The van der Waals surface area contributed by atoms with Crippen LogP contribution in [0.2, 0.25) is 0 Å². The van der Waals surface area contributed by atoms with Crippen LogP contribution < -0.4 is 10.6 Å². The molecule has 2 amide bonds. The third kappa shape index (κ3) is 3.29. The molecule has 0 saturated carbocycles. The van der Waals surface area contributed by atoms with Crippen molar-refractivity contribution in [2.24, 2.45) is 0 Å². The summed E-state index contributed by atoms with van der Waals surface area (Å²) in [4.78, 5) is 25.3. The highest BCUT2D eigenvalue weighted by atomic mass is 16.2. The number of amides is 2. The van der Waals surface area contributed by atoms with E-state index in [0.29, 0.717) is 12.1 Å². The number of fused-ring (bicyclic) bond motifs is 1. The van der Waals surface area contributed by atoms with Crippen LogP contribution in [0.4, 0.5) is 5.69 Å². The van der Waals surface area contributed by atoms with Crippen molar-refractivity contribution in [3.63, 3.8) is 0 Å². The molecule has 0 fully saturated rings. The van der Waals surface area contributed by atoms with E-state index < -0.39 is 0 Å². The van der Waals surface area contributed by atoms with Gasteiger partial charge in [0.1, 0.15) is 0 Å². The minimum atomic E-state index is -0.131. The van der Waals surface area contributed by atoms with Crippen molar-refractivity contribution in [1.82, 2.24) is 10.2 Å². The molecule has 0 bridgehead atoms. The molecule has 1 aliphatic heterocycles. The Balaban J connectivity index is 1.98. The molecule has 0 spiro atoms. The first kappa shape index (κ1) is 14.4. The second-order valence-electron chi connectivity index (χ2n) is 5.06. The lowest BCUT2D eigenvalue weighted by molar-refractivity contribution is -0.121. The SMILES string of the molecule is CCCNC(=O)CN(C)C(=O)c1ccc2c(c1)NCC2. The normalized spacial score (nSPS) is 12.5. The van der Waals surface area contributed by atoms with Gasteiger partial charge in [-0.15, -0.1) is 0 Å². The molecule has 2 rings (SSSR count). The maximum absolute atomic E-state index is 12.3. The van der Waals surface area contributed by atoms with Gasteiger partial charge in [0.2, 0.25) is 5.91 Å². The van der Waals surface area contributed by atoms with Gasteiger partial charge in [0.15, 0.2) is 0 Å². The van der Waals surface area contributed by atoms with E-state index in [1.54, 1.807) is 7.05 Å². The number of hydrogen-bond donors (Lipinski definition) is 2. The largest absolute Gasteiger partial charge is 0.384 e. The fourth-order valence-corrected chi connectivity index (χ4v) is 2.25. The van der Waals surface area contributed by atoms with Crippen molar-refractivity contribution in [3.8, 4) is 0 Å². The molecular weight excluding hydrogens is 254 g/mol. The average Bonchev–Trinajstić information content (AvgIpc) is 2.91. The van der Waals surface area contributed by atoms with Crippen molar-refractivity contribution in [2.75, 3.05) is 32.0 Å². The van der Waals surface area contributed by atoms with Gasteiger partial charge < -0.3 is 15.5 Å². The number of carbonyl (C=O) groups excluding carboxylic acids is 2. The number of nitrogens with one attached hydrogen (secondary N) is 2. The molecule has 5 heteroatoms. The molecule has 5 nitrogen and oxygen atoms in total. The van der Waals surface area contributed by atoms with Gasteiger partial charge in [-0.1, -0.05) is 13.0 Å². The van der Waals surface area contributed by atoms with E-state index in [2.05, 4.69) is 10.6 Å². The van der Waals surface area contributed by atoms with Crippen molar-refractivity contribution < 1.29 is 9.59 Å². The summed E-state index contributed by atoms with van der Waals surface area (Å²) in [6.07, 6.45) is 1.89. The highest BCUT2D eigenvalue weighted by Crippen LogP contribution is 2.23.